The van der Waals surface area contributed by atoms with Crippen LogP contribution >= 0.6 is 11.6 Å². The molecule has 2 aromatic rings. The SMILES string of the molecule is Cc1cc(Cl)nn1-c1ccccc1F. The minimum atomic E-state index is -0.310. The fourth-order valence-corrected chi connectivity index (χ4v) is 1.54. The van der Waals surface area contributed by atoms with Crippen LogP contribution in [-0.2, 0) is 0 Å². The summed E-state index contributed by atoms with van der Waals surface area (Å²) in [5.74, 6) is -0.310. The van der Waals surface area contributed by atoms with E-state index in [0.29, 0.717) is 10.8 Å². The number of aromatic nitrogens is 2. The van der Waals surface area contributed by atoms with Crippen molar-refractivity contribution in [2.75, 3.05) is 0 Å². The zero-order chi connectivity index (χ0) is 10.1. The van der Waals surface area contributed by atoms with Crippen molar-refractivity contribution in [3.05, 3.63) is 47.0 Å². The van der Waals surface area contributed by atoms with Crippen molar-refractivity contribution in [2.45, 2.75) is 6.92 Å². The molecule has 0 aliphatic rings. The topological polar surface area (TPSA) is 17.8 Å². The molecule has 0 aliphatic heterocycles. The van der Waals surface area contributed by atoms with Crippen molar-refractivity contribution in [3.63, 3.8) is 0 Å². The molecule has 0 saturated carbocycles. The van der Waals surface area contributed by atoms with Crippen molar-refractivity contribution in [3.8, 4) is 5.69 Å². The van der Waals surface area contributed by atoms with E-state index >= 15 is 0 Å². The van der Waals surface area contributed by atoms with Gasteiger partial charge in [0, 0.05) is 5.69 Å². The zero-order valence-corrected chi connectivity index (χ0v) is 8.29. The summed E-state index contributed by atoms with van der Waals surface area (Å²) in [5.41, 5.74) is 1.22. The number of rotatable bonds is 1. The maximum Gasteiger partial charge on any atom is 0.151 e. The van der Waals surface area contributed by atoms with Crippen LogP contribution in [0, 0.1) is 12.7 Å². The number of aryl methyl sites for hydroxylation is 1. The Morgan fingerprint density at radius 2 is 2.07 bits per heavy atom. The first-order chi connectivity index (χ1) is 6.68. The lowest BCUT2D eigenvalue weighted by atomic mass is 10.3. The van der Waals surface area contributed by atoms with Crippen LogP contribution < -0.4 is 0 Å². The Bertz CT molecular complexity index is 465. The van der Waals surface area contributed by atoms with Gasteiger partial charge in [-0.2, -0.15) is 5.10 Å². The third-order valence-corrected chi connectivity index (χ3v) is 2.12. The van der Waals surface area contributed by atoms with Crippen LogP contribution in [-0.4, -0.2) is 9.78 Å². The largest absolute Gasteiger partial charge is 0.234 e. The molecule has 0 saturated heterocycles. The maximum atomic E-state index is 13.4. The predicted octanol–water partition coefficient (Wildman–Crippen LogP) is 2.97. The van der Waals surface area contributed by atoms with Gasteiger partial charge in [0.2, 0.25) is 0 Å². The highest BCUT2D eigenvalue weighted by molar-refractivity contribution is 6.29. The van der Waals surface area contributed by atoms with E-state index in [0.717, 1.165) is 5.69 Å². The van der Waals surface area contributed by atoms with E-state index in [1.54, 1.807) is 24.3 Å². The minimum absolute atomic E-state index is 0.310. The van der Waals surface area contributed by atoms with Crippen LogP contribution in [0.4, 0.5) is 4.39 Å². The molecule has 0 spiro atoms. The molecule has 0 amide bonds. The molecule has 4 heteroatoms. The molecular formula is C10H8ClFN2. The number of halogens is 2. The average Bonchev–Trinajstić information content (AvgIpc) is 2.46. The van der Waals surface area contributed by atoms with Crippen LogP contribution in [0.1, 0.15) is 5.69 Å². The molecule has 0 fully saturated rings. The van der Waals surface area contributed by atoms with Gasteiger partial charge in [-0.1, -0.05) is 23.7 Å². The van der Waals surface area contributed by atoms with Crippen LogP contribution in [0.3, 0.4) is 0 Å². The number of hydrogen-bond donors (Lipinski definition) is 0. The van der Waals surface area contributed by atoms with Crippen molar-refractivity contribution >= 4 is 11.6 Å². The molecule has 1 aromatic carbocycles. The van der Waals surface area contributed by atoms with E-state index in [2.05, 4.69) is 5.10 Å². The first-order valence-corrected chi connectivity index (χ1v) is 4.53. The zero-order valence-electron chi connectivity index (χ0n) is 7.54. The smallest absolute Gasteiger partial charge is 0.151 e. The van der Waals surface area contributed by atoms with Crippen LogP contribution in [0.15, 0.2) is 30.3 Å². The Labute approximate surface area is 85.9 Å². The van der Waals surface area contributed by atoms with Gasteiger partial charge in [0.15, 0.2) is 5.15 Å². The summed E-state index contributed by atoms with van der Waals surface area (Å²) in [4.78, 5) is 0. The molecule has 1 aromatic heterocycles. The second-order valence-electron chi connectivity index (χ2n) is 2.97. The Hall–Kier alpha value is -1.35. The Balaban J connectivity index is 2.60. The summed E-state index contributed by atoms with van der Waals surface area (Å²) in [6.07, 6.45) is 0. The Morgan fingerprint density at radius 3 is 2.64 bits per heavy atom. The van der Waals surface area contributed by atoms with Crippen LogP contribution in [0.25, 0.3) is 5.69 Å². The number of benzene rings is 1. The van der Waals surface area contributed by atoms with Gasteiger partial charge in [0.25, 0.3) is 0 Å². The third-order valence-electron chi connectivity index (χ3n) is 1.94. The summed E-state index contributed by atoms with van der Waals surface area (Å²) in [6.45, 7) is 1.82. The molecular weight excluding hydrogens is 203 g/mol. The first kappa shape index (κ1) is 9.21. The van der Waals surface area contributed by atoms with E-state index in [1.807, 2.05) is 6.92 Å². The van der Waals surface area contributed by atoms with Gasteiger partial charge in [0.1, 0.15) is 11.5 Å². The molecule has 0 aliphatic carbocycles. The lowest BCUT2D eigenvalue weighted by molar-refractivity contribution is 0.608. The maximum absolute atomic E-state index is 13.4. The van der Waals surface area contributed by atoms with E-state index in [-0.39, 0.29) is 5.82 Å². The molecule has 0 N–H and O–H groups in total. The van der Waals surface area contributed by atoms with Gasteiger partial charge in [-0.15, -0.1) is 0 Å². The summed E-state index contributed by atoms with van der Waals surface area (Å²) in [5, 5.41) is 4.35. The molecule has 0 radical (unpaired) electrons. The highest BCUT2D eigenvalue weighted by Gasteiger charge is 2.07. The van der Waals surface area contributed by atoms with Gasteiger partial charge >= 0.3 is 0 Å². The molecule has 2 rings (SSSR count). The lowest BCUT2D eigenvalue weighted by Gasteiger charge is -2.04. The van der Waals surface area contributed by atoms with Gasteiger partial charge in [-0.25, -0.2) is 9.07 Å². The fourth-order valence-electron chi connectivity index (χ4n) is 1.30. The quantitative estimate of drug-likeness (QED) is 0.708. The normalized spacial score (nSPS) is 10.5. The van der Waals surface area contributed by atoms with E-state index in [1.165, 1.54) is 10.7 Å². The first-order valence-electron chi connectivity index (χ1n) is 4.15. The average molecular weight is 211 g/mol. The molecule has 1 heterocycles. The van der Waals surface area contributed by atoms with Gasteiger partial charge in [-0.05, 0) is 25.1 Å². The highest BCUT2D eigenvalue weighted by atomic mass is 35.5. The van der Waals surface area contributed by atoms with Crippen LogP contribution in [0.5, 0.6) is 0 Å². The van der Waals surface area contributed by atoms with Crippen molar-refractivity contribution in [1.82, 2.24) is 9.78 Å². The summed E-state index contributed by atoms with van der Waals surface area (Å²) in [6, 6.07) is 8.14. The number of nitrogens with zero attached hydrogens (tertiary/aromatic N) is 2. The summed E-state index contributed by atoms with van der Waals surface area (Å²) in [7, 11) is 0. The predicted molar refractivity (Wildman–Crippen MR) is 53.3 cm³/mol. The van der Waals surface area contributed by atoms with E-state index in [9.17, 15) is 4.39 Å². The molecule has 0 atom stereocenters. The Morgan fingerprint density at radius 1 is 1.36 bits per heavy atom. The highest BCUT2D eigenvalue weighted by Crippen LogP contribution is 2.17. The molecule has 72 valence electrons. The lowest BCUT2D eigenvalue weighted by Crippen LogP contribution is -2.01. The summed E-state index contributed by atoms with van der Waals surface area (Å²) < 4.78 is 14.8. The number of para-hydroxylation sites is 1. The van der Waals surface area contributed by atoms with Crippen molar-refractivity contribution in [2.24, 2.45) is 0 Å². The minimum Gasteiger partial charge on any atom is -0.234 e. The van der Waals surface area contributed by atoms with Crippen LogP contribution in [0.2, 0.25) is 5.15 Å². The van der Waals surface area contributed by atoms with Gasteiger partial charge < -0.3 is 0 Å². The van der Waals surface area contributed by atoms with E-state index in [4.69, 9.17) is 11.6 Å². The molecule has 14 heavy (non-hydrogen) atoms. The standard InChI is InChI=1S/C10H8ClFN2/c1-7-6-10(11)13-14(7)9-5-3-2-4-8(9)12/h2-6H,1H3. The number of hydrogen-bond acceptors (Lipinski definition) is 1. The van der Waals surface area contributed by atoms with Gasteiger partial charge in [-0.3, -0.25) is 0 Å². The monoisotopic (exact) mass is 210 g/mol. The van der Waals surface area contributed by atoms with Gasteiger partial charge in [0.05, 0.1) is 0 Å². The van der Waals surface area contributed by atoms with Crippen molar-refractivity contribution in [1.29, 1.82) is 0 Å². The second kappa shape index (κ2) is 3.42. The Kier molecular flexibility index (Phi) is 2.25. The fraction of sp³-hybridized carbons (Fsp3) is 0.100. The summed E-state index contributed by atoms with van der Waals surface area (Å²) >= 11 is 5.71. The molecule has 2 nitrogen and oxygen atoms in total. The van der Waals surface area contributed by atoms with E-state index < -0.39 is 0 Å². The second-order valence-corrected chi connectivity index (χ2v) is 3.36. The third kappa shape index (κ3) is 1.51. The van der Waals surface area contributed by atoms with Crippen molar-refractivity contribution < 1.29 is 4.39 Å². The molecule has 0 unspecified atom stereocenters. The molecule has 0 bridgehead atoms.